The van der Waals surface area contributed by atoms with Crippen molar-refractivity contribution in [3.63, 3.8) is 0 Å². The van der Waals surface area contributed by atoms with Crippen molar-refractivity contribution < 1.29 is 23.7 Å². The number of hydrogen-bond acceptors (Lipinski definition) is 4. The molecule has 0 spiro atoms. The molecule has 1 fully saturated rings. The number of hydroxylamine groups is 2. The SMILES string of the molecule is CC(=O)CC1=C(F)[C@@H]2OC(CC[NH+]([O-])CC3C=CCCO3)CC2CC1. The number of carbonyl (C=O) groups is 1. The van der Waals surface area contributed by atoms with Gasteiger partial charge in [-0.05, 0) is 44.1 Å². The van der Waals surface area contributed by atoms with Crippen LogP contribution < -0.4 is 5.06 Å². The summed E-state index contributed by atoms with van der Waals surface area (Å²) in [7, 11) is 0. The number of hydrogen-bond donors (Lipinski definition) is 1. The number of quaternary nitrogens is 1. The van der Waals surface area contributed by atoms with Gasteiger partial charge >= 0.3 is 0 Å². The molecule has 5 atom stereocenters. The monoisotopic (exact) mass is 353 g/mol. The lowest BCUT2D eigenvalue weighted by Gasteiger charge is -2.28. The summed E-state index contributed by atoms with van der Waals surface area (Å²) in [5.41, 5.74) is 0.603. The maximum absolute atomic E-state index is 14.6. The standard InChI is InChI=1S/C19H28FNO4/c1-13(22)10-14-5-6-15-11-16(25-19(15)18(14)20)7-8-21(23)12-17-4-2-3-9-24-17/h2,4,15-17,19,21H,3,5-12H2,1H3/t15?,16?,17?,19-/m1/s1. The van der Waals surface area contributed by atoms with Gasteiger partial charge in [-0.15, -0.1) is 0 Å². The van der Waals surface area contributed by atoms with Gasteiger partial charge in [0.15, 0.2) is 0 Å². The minimum Gasteiger partial charge on any atom is -0.634 e. The van der Waals surface area contributed by atoms with Gasteiger partial charge in [0.2, 0.25) is 0 Å². The van der Waals surface area contributed by atoms with E-state index in [4.69, 9.17) is 9.47 Å². The zero-order chi connectivity index (χ0) is 17.8. The van der Waals surface area contributed by atoms with Crippen molar-refractivity contribution >= 4 is 5.78 Å². The average Bonchev–Trinajstić information content (AvgIpc) is 3.00. The molecule has 25 heavy (non-hydrogen) atoms. The second-order valence-corrected chi connectivity index (χ2v) is 7.45. The van der Waals surface area contributed by atoms with Crippen LogP contribution in [0.2, 0.25) is 0 Å². The van der Waals surface area contributed by atoms with Crippen LogP contribution in [-0.2, 0) is 14.3 Å². The lowest BCUT2D eigenvalue weighted by Crippen LogP contribution is -3.08. The van der Waals surface area contributed by atoms with Crippen molar-refractivity contribution in [2.75, 3.05) is 19.7 Å². The molecular formula is C19H28FNO4. The van der Waals surface area contributed by atoms with Crippen LogP contribution in [0.1, 0.15) is 45.4 Å². The number of Topliss-reactive ketones (excluding diaryl/α,β-unsaturated/α-hetero) is 1. The lowest BCUT2D eigenvalue weighted by molar-refractivity contribution is -0.851. The average molecular weight is 353 g/mol. The molecule has 0 aromatic carbocycles. The first kappa shape index (κ1) is 18.7. The maximum atomic E-state index is 14.6. The first-order chi connectivity index (χ1) is 12.0. The number of carbonyl (C=O) groups excluding carboxylic acids is 1. The molecule has 6 heteroatoms. The summed E-state index contributed by atoms with van der Waals surface area (Å²) in [5.74, 6) is -0.0656. The molecule has 1 N–H and O–H groups in total. The molecule has 3 aliphatic rings. The van der Waals surface area contributed by atoms with Crippen LogP contribution in [0.3, 0.4) is 0 Å². The van der Waals surface area contributed by atoms with Crippen molar-refractivity contribution in [1.82, 2.24) is 0 Å². The van der Waals surface area contributed by atoms with Crippen LogP contribution in [0.25, 0.3) is 0 Å². The van der Waals surface area contributed by atoms with E-state index in [2.05, 4.69) is 6.08 Å². The van der Waals surface area contributed by atoms with Crippen LogP contribution in [0, 0.1) is 11.1 Å². The first-order valence-corrected chi connectivity index (χ1v) is 9.35. The summed E-state index contributed by atoms with van der Waals surface area (Å²) < 4.78 is 26.0. The molecule has 1 aliphatic carbocycles. The third-order valence-corrected chi connectivity index (χ3v) is 5.34. The molecule has 0 saturated carbocycles. The lowest BCUT2D eigenvalue weighted by atomic mass is 9.83. The van der Waals surface area contributed by atoms with Gasteiger partial charge < -0.3 is 19.7 Å². The van der Waals surface area contributed by atoms with Gasteiger partial charge in [0.25, 0.3) is 0 Å². The van der Waals surface area contributed by atoms with Crippen LogP contribution in [0.4, 0.5) is 4.39 Å². The molecule has 2 heterocycles. The van der Waals surface area contributed by atoms with Crippen LogP contribution in [0.15, 0.2) is 23.6 Å². The van der Waals surface area contributed by atoms with Gasteiger partial charge in [-0.1, -0.05) is 12.2 Å². The Morgan fingerprint density at radius 1 is 1.48 bits per heavy atom. The summed E-state index contributed by atoms with van der Waals surface area (Å²) in [5, 5.41) is 12.3. The quantitative estimate of drug-likeness (QED) is 0.561. The highest BCUT2D eigenvalue weighted by molar-refractivity contribution is 5.78. The van der Waals surface area contributed by atoms with Crippen LogP contribution in [0.5, 0.6) is 0 Å². The zero-order valence-corrected chi connectivity index (χ0v) is 14.8. The van der Waals surface area contributed by atoms with E-state index in [-0.39, 0.29) is 41.2 Å². The second-order valence-electron chi connectivity index (χ2n) is 7.45. The fourth-order valence-corrected chi connectivity index (χ4v) is 4.08. The predicted molar refractivity (Wildman–Crippen MR) is 91.6 cm³/mol. The fourth-order valence-electron chi connectivity index (χ4n) is 4.08. The van der Waals surface area contributed by atoms with Crippen molar-refractivity contribution in [3.8, 4) is 0 Å². The molecule has 0 radical (unpaired) electrons. The van der Waals surface area contributed by atoms with Crippen LogP contribution in [-0.4, -0.2) is 43.8 Å². The molecule has 1 saturated heterocycles. The van der Waals surface area contributed by atoms with E-state index in [1.165, 1.54) is 6.92 Å². The Hall–Kier alpha value is -1.08. The van der Waals surface area contributed by atoms with E-state index in [0.29, 0.717) is 38.1 Å². The highest BCUT2D eigenvalue weighted by Crippen LogP contribution is 2.42. The van der Waals surface area contributed by atoms with E-state index in [0.717, 1.165) is 19.3 Å². The summed E-state index contributed by atoms with van der Waals surface area (Å²) in [4.78, 5) is 11.3. The highest BCUT2D eigenvalue weighted by atomic mass is 19.1. The Kier molecular flexibility index (Phi) is 6.39. The van der Waals surface area contributed by atoms with E-state index in [9.17, 15) is 14.4 Å². The van der Waals surface area contributed by atoms with Gasteiger partial charge in [0.1, 0.15) is 30.4 Å². The first-order valence-electron chi connectivity index (χ1n) is 9.35. The van der Waals surface area contributed by atoms with Crippen molar-refractivity contribution in [2.45, 2.75) is 63.8 Å². The molecule has 2 aliphatic heterocycles. The van der Waals surface area contributed by atoms with Gasteiger partial charge in [0, 0.05) is 12.8 Å². The maximum Gasteiger partial charge on any atom is 0.133 e. The topological polar surface area (TPSA) is 63.0 Å². The number of halogens is 1. The Bertz CT molecular complexity index is 548. The number of allylic oxidation sites excluding steroid dienone is 1. The third-order valence-electron chi connectivity index (χ3n) is 5.34. The Morgan fingerprint density at radius 3 is 3.04 bits per heavy atom. The second kappa shape index (κ2) is 8.54. The molecule has 4 unspecified atom stereocenters. The Balaban J connectivity index is 1.46. The van der Waals surface area contributed by atoms with E-state index >= 15 is 0 Å². The van der Waals surface area contributed by atoms with E-state index < -0.39 is 6.10 Å². The van der Waals surface area contributed by atoms with Gasteiger partial charge in [-0.3, -0.25) is 4.79 Å². The molecule has 0 aromatic heterocycles. The minimum atomic E-state index is -0.507. The summed E-state index contributed by atoms with van der Waals surface area (Å²) in [6.45, 7) is 3.02. The minimum absolute atomic E-state index is 0.0114. The molecule has 140 valence electrons. The summed E-state index contributed by atoms with van der Waals surface area (Å²) in [6.07, 6.45) is 7.40. The zero-order valence-electron chi connectivity index (χ0n) is 14.8. The number of ether oxygens (including phenoxy) is 2. The highest BCUT2D eigenvalue weighted by Gasteiger charge is 2.41. The number of rotatable bonds is 7. The third kappa shape index (κ3) is 4.97. The Labute approximate surface area is 148 Å². The van der Waals surface area contributed by atoms with Gasteiger partial charge in [-0.2, -0.15) is 0 Å². The van der Waals surface area contributed by atoms with Crippen molar-refractivity contribution in [2.24, 2.45) is 5.92 Å². The predicted octanol–water partition coefficient (Wildman–Crippen LogP) is 1.87. The largest absolute Gasteiger partial charge is 0.634 e. The smallest absolute Gasteiger partial charge is 0.133 e. The van der Waals surface area contributed by atoms with Gasteiger partial charge in [-0.25, -0.2) is 4.39 Å². The Morgan fingerprint density at radius 2 is 2.32 bits per heavy atom. The molecule has 0 aromatic rings. The summed E-state index contributed by atoms with van der Waals surface area (Å²) >= 11 is 0. The van der Waals surface area contributed by atoms with Crippen molar-refractivity contribution in [1.29, 1.82) is 0 Å². The van der Waals surface area contributed by atoms with Crippen LogP contribution >= 0.6 is 0 Å². The van der Waals surface area contributed by atoms with Gasteiger partial charge in [0.05, 0.1) is 19.3 Å². The van der Waals surface area contributed by atoms with E-state index in [1.807, 2.05) is 6.08 Å². The molecule has 5 nitrogen and oxygen atoms in total. The molecule has 0 bridgehead atoms. The number of nitrogens with one attached hydrogen (secondary N) is 1. The van der Waals surface area contributed by atoms with Crippen molar-refractivity contribution in [3.05, 3.63) is 28.8 Å². The number of fused-ring (bicyclic) bond motifs is 1. The number of ketones is 1. The normalized spacial score (nSPS) is 33.4. The fraction of sp³-hybridized carbons (Fsp3) is 0.737. The molecule has 0 amide bonds. The molecule has 3 rings (SSSR count). The summed E-state index contributed by atoms with van der Waals surface area (Å²) in [6, 6.07) is 0. The van der Waals surface area contributed by atoms with E-state index in [1.54, 1.807) is 0 Å². The molecular weight excluding hydrogens is 325 g/mol.